The maximum atomic E-state index is 12.9. The lowest BCUT2D eigenvalue weighted by Crippen LogP contribution is -2.30. The van der Waals surface area contributed by atoms with Gasteiger partial charge in [0.05, 0.1) is 11.3 Å². The molecule has 0 radical (unpaired) electrons. The van der Waals surface area contributed by atoms with Gasteiger partial charge in [-0.05, 0) is 6.07 Å². The first-order valence-electron chi connectivity index (χ1n) is 4.31. The first-order valence-corrected chi connectivity index (χ1v) is 4.31. The Balaban J connectivity index is 3.10. The zero-order chi connectivity index (χ0) is 13.2. The number of non-ortho nitro benzene ring substituents is 1. The van der Waals surface area contributed by atoms with E-state index in [1.807, 2.05) is 0 Å². The molecule has 0 saturated carbocycles. The third-order valence-corrected chi connectivity index (χ3v) is 2.00. The minimum Gasteiger partial charge on any atom is -0.508 e. The summed E-state index contributed by atoms with van der Waals surface area (Å²) in [6, 6.07) is 2.51. The van der Waals surface area contributed by atoms with Gasteiger partial charge in [0, 0.05) is 17.7 Å². The van der Waals surface area contributed by atoms with Crippen molar-refractivity contribution in [2.45, 2.75) is 12.3 Å². The van der Waals surface area contributed by atoms with E-state index in [4.69, 9.17) is 5.11 Å². The van der Waals surface area contributed by atoms with E-state index in [2.05, 4.69) is 0 Å². The van der Waals surface area contributed by atoms with E-state index >= 15 is 0 Å². The summed E-state index contributed by atoms with van der Waals surface area (Å²) in [6.07, 6.45) is -1.31. The molecule has 0 heterocycles. The fourth-order valence-corrected chi connectivity index (χ4v) is 1.14. The SMILES string of the molecule is O=C(O)C(F)(F)Cc1cc([N+](=O)[O-])ccc1O. The van der Waals surface area contributed by atoms with Crippen LogP contribution in [0.4, 0.5) is 14.5 Å². The fourth-order valence-electron chi connectivity index (χ4n) is 1.14. The molecule has 0 fully saturated rings. The number of hydrogen-bond acceptors (Lipinski definition) is 4. The molecule has 92 valence electrons. The Hall–Kier alpha value is -2.25. The number of benzene rings is 1. The standard InChI is InChI=1S/C9H7F2NO5/c10-9(11,8(14)15)4-5-3-6(12(16)17)1-2-7(5)13/h1-3,13H,4H2,(H,14,15). The number of alkyl halides is 2. The molecule has 0 unspecified atom stereocenters. The topological polar surface area (TPSA) is 101 Å². The summed E-state index contributed by atoms with van der Waals surface area (Å²) in [5, 5.41) is 27.8. The number of phenols is 1. The molecular formula is C9H7F2NO5. The van der Waals surface area contributed by atoms with E-state index in [9.17, 15) is 28.8 Å². The molecule has 17 heavy (non-hydrogen) atoms. The van der Waals surface area contributed by atoms with E-state index < -0.39 is 40.2 Å². The number of carboxylic acid groups (broad SMARTS) is 1. The van der Waals surface area contributed by atoms with Crippen LogP contribution in [0.2, 0.25) is 0 Å². The summed E-state index contributed by atoms with van der Waals surface area (Å²) in [6.45, 7) is 0. The van der Waals surface area contributed by atoms with Crippen LogP contribution in [0.15, 0.2) is 18.2 Å². The van der Waals surface area contributed by atoms with Crippen molar-refractivity contribution < 1.29 is 28.7 Å². The number of aliphatic carboxylic acids is 1. The van der Waals surface area contributed by atoms with Gasteiger partial charge in [-0.2, -0.15) is 8.78 Å². The number of hydrogen-bond donors (Lipinski definition) is 2. The molecular weight excluding hydrogens is 240 g/mol. The van der Waals surface area contributed by atoms with Crippen LogP contribution in [-0.4, -0.2) is 27.0 Å². The van der Waals surface area contributed by atoms with Crippen molar-refractivity contribution in [3.63, 3.8) is 0 Å². The van der Waals surface area contributed by atoms with E-state index in [0.29, 0.717) is 6.07 Å². The van der Waals surface area contributed by atoms with E-state index in [1.165, 1.54) is 0 Å². The highest BCUT2D eigenvalue weighted by Crippen LogP contribution is 2.29. The molecule has 0 spiro atoms. The fraction of sp³-hybridized carbons (Fsp3) is 0.222. The highest BCUT2D eigenvalue weighted by atomic mass is 19.3. The van der Waals surface area contributed by atoms with Crippen molar-refractivity contribution in [2.75, 3.05) is 0 Å². The summed E-state index contributed by atoms with van der Waals surface area (Å²) in [5.74, 6) is -7.06. The van der Waals surface area contributed by atoms with Gasteiger partial charge >= 0.3 is 11.9 Å². The quantitative estimate of drug-likeness (QED) is 0.621. The summed E-state index contributed by atoms with van der Waals surface area (Å²) < 4.78 is 25.7. The van der Waals surface area contributed by atoms with Gasteiger partial charge in [0.15, 0.2) is 0 Å². The van der Waals surface area contributed by atoms with Crippen molar-refractivity contribution in [1.29, 1.82) is 0 Å². The number of nitrogens with zero attached hydrogens (tertiary/aromatic N) is 1. The monoisotopic (exact) mass is 247 g/mol. The van der Waals surface area contributed by atoms with Crippen LogP contribution in [0.1, 0.15) is 5.56 Å². The normalized spacial score (nSPS) is 11.2. The summed E-state index contributed by atoms with van der Waals surface area (Å²) in [4.78, 5) is 19.7. The minimum atomic E-state index is -4.09. The number of phenolic OH excluding ortho intramolecular Hbond substituents is 1. The summed E-state index contributed by atoms with van der Waals surface area (Å²) in [5.41, 5.74) is -0.995. The lowest BCUT2D eigenvalue weighted by Gasteiger charge is -2.11. The lowest BCUT2D eigenvalue weighted by molar-refractivity contribution is -0.385. The highest BCUT2D eigenvalue weighted by Gasteiger charge is 2.39. The highest BCUT2D eigenvalue weighted by molar-refractivity contribution is 5.76. The number of nitro groups is 1. The Morgan fingerprint density at radius 3 is 2.53 bits per heavy atom. The average molecular weight is 247 g/mol. The minimum absolute atomic E-state index is 0.494. The lowest BCUT2D eigenvalue weighted by atomic mass is 10.1. The third kappa shape index (κ3) is 2.86. The molecule has 0 atom stereocenters. The van der Waals surface area contributed by atoms with Crippen LogP contribution < -0.4 is 0 Å². The maximum absolute atomic E-state index is 12.9. The van der Waals surface area contributed by atoms with Crippen LogP contribution in [0, 0.1) is 10.1 Å². The first kappa shape index (κ1) is 12.8. The van der Waals surface area contributed by atoms with Crippen molar-refractivity contribution in [3.8, 4) is 5.75 Å². The number of rotatable bonds is 4. The molecule has 8 heteroatoms. The van der Waals surface area contributed by atoms with Gasteiger partial charge in [0.2, 0.25) is 0 Å². The van der Waals surface area contributed by atoms with E-state index in [-0.39, 0.29) is 0 Å². The molecule has 1 aromatic carbocycles. The average Bonchev–Trinajstić information content (AvgIpc) is 2.20. The largest absolute Gasteiger partial charge is 0.508 e. The van der Waals surface area contributed by atoms with Gasteiger partial charge in [0.1, 0.15) is 5.75 Å². The second kappa shape index (κ2) is 4.32. The van der Waals surface area contributed by atoms with Crippen molar-refractivity contribution in [2.24, 2.45) is 0 Å². The molecule has 0 saturated heterocycles. The van der Waals surface area contributed by atoms with Gasteiger partial charge in [-0.3, -0.25) is 10.1 Å². The first-order chi connectivity index (χ1) is 7.74. The smallest absolute Gasteiger partial charge is 0.374 e. The van der Waals surface area contributed by atoms with Gasteiger partial charge < -0.3 is 10.2 Å². The zero-order valence-electron chi connectivity index (χ0n) is 8.26. The Labute approximate surface area is 93.3 Å². The second-order valence-electron chi connectivity index (χ2n) is 3.26. The van der Waals surface area contributed by atoms with Crippen LogP contribution >= 0.6 is 0 Å². The Bertz CT molecular complexity index is 474. The van der Waals surface area contributed by atoms with Crippen LogP contribution in [0.25, 0.3) is 0 Å². The molecule has 0 aromatic heterocycles. The molecule has 0 aliphatic heterocycles. The summed E-state index contributed by atoms with van der Waals surface area (Å²) >= 11 is 0. The van der Waals surface area contributed by atoms with E-state index in [0.717, 1.165) is 12.1 Å². The van der Waals surface area contributed by atoms with E-state index in [1.54, 1.807) is 0 Å². The molecule has 2 N–H and O–H groups in total. The number of aromatic hydroxyl groups is 1. The van der Waals surface area contributed by atoms with Crippen molar-refractivity contribution in [1.82, 2.24) is 0 Å². The molecule has 0 bridgehead atoms. The predicted octanol–water partition coefficient (Wildman–Crippen LogP) is 1.56. The zero-order valence-corrected chi connectivity index (χ0v) is 8.26. The molecule has 0 aliphatic rings. The second-order valence-corrected chi connectivity index (χ2v) is 3.26. The Morgan fingerprint density at radius 2 is 2.06 bits per heavy atom. The number of carbonyl (C=O) groups is 1. The molecule has 1 rings (SSSR count). The van der Waals surface area contributed by atoms with Crippen molar-refractivity contribution >= 4 is 11.7 Å². The molecule has 0 aliphatic carbocycles. The number of nitro benzene ring substituents is 1. The Morgan fingerprint density at radius 1 is 1.47 bits per heavy atom. The van der Waals surface area contributed by atoms with Gasteiger partial charge in [-0.25, -0.2) is 4.79 Å². The van der Waals surface area contributed by atoms with Gasteiger partial charge in [0.25, 0.3) is 5.69 Å². The summed E-state index contributed by atoms with van der Waals surface area (Å²) in [7, 11) is 0. The van der Waals surface area contributed by atoms with Crippen molar-refractivity contribution in [3.05, 3.63) is 33.9 Å². The molecule has 0 amide bonds. The molecule has 1 aromatic rings. The maximum Gasteiger partial charge on any atom is 0.374 e. The van der Waals surface area contributed by atoms with Crippen LogP contribution in [0.3, 0.4) is 0 Å². The van der Waals surface area contributed by atoms with Gasteiger partial charge in [-0.1, -0.05) is 0 Å². The van der Waals surface area contributed by atoms with Crippen LogP contribution in [-0.2, 0) is 11.2 Å². The molecule has 6 nitrogen and oxygen atoms in total. The van der Waals surface area contributed by atoms with Crippen LogP contribution in [0.5, 0.6) is 5.75 Å². The van der Waals surface area contributed by atoms with Gasteiger partial charge in [-0.15, -0.1) is 0 Å². The third-order valence-electron chi connectivity index (χ3n) is 2.00. The predicted molar refractivity (Wildman–Crippen MR) is 51.0 cm³/mol. The Kier molecular flexibility index (Phi) is 3.26. The number of carboxylic acids is 1. The number of halogens is 2.